The van der Waals surface area contributed by atoms with Gasteiger partial charge in [-0.15, -0.1) is 0 Å². The highest BCUT2D eigenvalue weighted by atomic mass is 16.3. The zero-order chi connectivity index (χ0) is 16.4. The first kappa shape index (κ1) is 14.5. The summed E-state index contributed by atoms with van der Waals surface area (Å²) in [6.07, 6.45) is 4.26. The third kappa shape index (κ3) is 2.86. The summed E-state index contributed by atoms with van der Waals surface area (Å²) in [5.41, 5.74) is 6.26. The Morgan fingerprint density at radius 3 is 2.46 bits per heavy atom. The van der Waals surface area contributed by atoms with Crippen LogP contribution in [0, 0.1) is 6.92 Å². The number of benzene rings is 3. The molecule has 2 nitrogen and oxygen atoms in total. The van der Waals surface area contributed by atoms with Gasteiger partial charge in [0.2, 0.25) is 5.89 Å². The second-order valence-electron chi connectivity index (χ2n) is 5.80. The highest BCUT2D eigenvalue weighted by Crippen LogP contribution is 2.26. The number of aromatic nitrogens is 1. The summed E-state index contributed by atoms with van der Waals surface area (Å²) in [5.74, 6) is 0.658. The van der Waals surface area contributed by atoms with Crippen LogP contribution in [0.1, 0.15) is 16.7 Å². The molecule has 4 rings (SSSR count). The van der Waals surface area contributed by atoms with E-state index in [9.17, 15) is 0 Å². The number of fused-ring (bicyclic) bond motifs is 1. The zero-order valence-corrected chi connectivity index (χ0v) is 13.4. The van der Waals surface area contributed by atoms with Crippen LogP contribution in [0.2, 0.25) is 0 Å². The van der Waals surface area contributed by atoms with Crippen molar-refractivity contribution in [2.45, 2.75) is 6.92 Å². The fraction of sp³-hybridized carbons (Fsp3) is 0.0455. The number of aryl methyl sites for hydroxylation is 1. The van der Waals surface area contributed by atoms with Crippen LogP contribution in [0.15, 0.2) is 77.2 Å². The molecular weight excluding hydrogens is 294 g/mol. The Morgan fingerprint density at radius 2 is 1.62 bits per heavy atom. The number of hydrogen-bond donors (Lipinski definition) is 0. The molecule has 0 fully saturated rings. The van der Waals surface area contributed by atoms with Crippen molar-refractivity contribution in [3.63, 3.8) is 0 Å². The predicted octanol–water partition coefficient (Wildman–Crippen LogP) is 5.97. The van der Waals surface area contributed by atoms with Gasteiger partial charge in [-0.1, -0.05) is 60.7 Å². The molecule has 0 N–H and O–H groups in total. The Labute approximate surface area is 141 Å². The van der Waals surface area contributed by atoms with Crippen LogP contribution in [0.3, 0.4) is 0 Å². The number of hydrogen-bond acceptors (Lipinski definition) is 2. The van der Waals surface area contributed by atoms with Gasteiger partial charge in [-0.25, -0.2) is 4.98 Å². The van der Waals surface area contributed by atoms with E-state index in [1.807, 2.05) is 42.5 Å². The van der Waals surface area contributed by atoms with Gasteiger partial charge in [0.15, 0.2) is 5.58 Å². The Bertz CT molecular complexity index is 980. The number of rotatable bonds is 3. The van der Waals surface area contributed by atoms with Gasteiger partial charge in [0.1, 0.15) is 5.52 Å². The Morgan fingerprint density at radius 1 is 0.833 bits per heavy atom. The summed E-state index contributed by atoms with van der Waals surface area (Å²) in [4.78, 5) is 4.58. The molecule has 0 saturated carbocycles. The maximum atomic E-state index is 5.88. The molecule has 24 heavy (non-hydrogen) atoms. The fourth-order valence-electron chi connectivity index (χ4n) is 2.70. The first-order valence-corrected chi connectivity index (χ1v) is 7.99. The molecule has 116 valence electrons. The normalized spacial score (nSPS) is 11.4. The van der Waals surface area contributed by atoms with Crippen LogP contribution < -0.4 is 0 Å². The van der Waals surface area contributed by atoms with E-state index in [4.69, 9.17) is 4.42 Å². The van der Waals surface area contributed by atoms with E-state index in [1.165, 1.54) is 16.7 Å². The third-order valence-corrected chi connectivity index (χ3v) is 4.07. The molecule has 0 spiro atoms. The maximum Gasteiger partial charge on any atom is 0.227 e. The lowest BCUT2D eigenvalue weighted by molar-refractivity contribution is 0.620. The number of nitrogens with zero attached hydrogens (tertiary/aromatic N) is 1. The van der Waals surface area contributed by atoms with Crippen molar-refractivity contribution in [1.82, 2.24) is 4.98 Å². The lowest BCUT2D eigenvalue weighted by atomic mass is 10.0. The Hall–Kier alpha value is -3.13. The highest BCUT2D eigenvalue weighted by molar-refractivity contribution is 5.78. The quantitative estimate of drug-likeness (QED) is 0.435. The monoisotopic (exact) mass is 311 g/mol. The van der Waals surface area contributed by atoms with Crippen molar-refractivity contribution < 1.29 is 4.42 Å². The minimum atomic E-state index is 0.658. The molecular formula is C22H17NO. The van der Waals surface area contributed by atoms with E-state index in [0.717, 1.165) is 16.7 Å². The van der Waals surface area contributed by atoms with E-state index in [0.29, 0.717) is 5.89 Å². The van der Waals surface area contributed by atoms with E-state index in [2.05, 4.69) is 54.4 Å². The standard InChI is InChI=1S/C22H17NO/c1-16-11-13-19(22-23-20-9-5-6-10-21(20)24-22)15-18(16)14-12-17-7-3-2-4-8-17/h2-15H,1H3. The molecule has 0 saturated heterocycles. The van der Waals surface area contributed by atoms with Crippen molar-refractivity contribution in [2.75, 3.05) is 0 Å². The van der Waals surface area contributed by atoms with Crippen molar-refractivity contribution in [3.05, 3.63) is 89.5 Å². The summed E-state index contributed by atoms with van der Waals surface area (Å²) < 4.78 is 5.88. The van der Waals surface area contributed by atoms with E-state index < -0.39 is 0 Å². The van der Waals surface area contributed by atoms with Gasteiger partial charge in [0.25, 0.3) is 0 Å². The van der Waals surface area contributed by atoms with Gasteiger partial charge >= 0.3 is 0 Å². The van der Waals surface area contributed by atoms with E-state index >= 15 is 0 Å². The number of oxazole rings is 1. The SMILES string of the molecule is Cc1ccc(-c2nc3ccccc3o2)cc1C=Cc1ccccc1. The largest absolute Gasteiger partial charge is 0.436 e. The average Bonchev–Trinajstić information content (AvgIpc) is 3.06. The van der Waals surface area contributed by atoms with Crippen molar-refractivity contribution in [1.29, 1.82) is 0 Å². The molecule has 3 aromatic carbocycles. The van der Waals surface area contributed by atoms with Crippen LogP contribution in [-0.4, -0.2) is 4.98 Å². The molecule has 2 heteroatoms. The minimum Gasteiger partial charge on any atom is -0.436 e. The second-order valence-corrected chi connectivity index (χ2v) is 5.80. The Kier molecular flexibility index (Phi) is 3.72. The minimum absolute atomic E-state index is 0.658. The van der Waals surface area contributed by atoms with Crippen LogP contribution in [-0.2, 0) is 0 Å². The average molecular weight is 311 g/mol. The summed E-state index contributed by atoms with van der Waals surface area (Å²) >= 11 is 0. The van der Waals surface area contributed by atoms with E-state index in [1.54, 1.807) is 0 Å². The molecule has 0 aliphatic carbocycles. The van der Waals surface area contributed by atoms with Gasteiger partial charge in [-0.3, -0.25) is 0 Å². The summed E-state index contributed by atoms with van der Waals surface area (Å²) in [7, 11) is 0. The van der Waals surface area contributed by atoms with Crippen molar-refractivity contribution in [2.24, 2.45) is 0 Å². The lowest BCUT2D eigenvalue weighted by Crippen LogP contribution is -1.84. The van der Waals surface area contributed by atoms with Crippen LogP contribution >= 0.6 is 0 Å². The Balaban J connectivity index is 1.72. The summed E-state index contributed by atoms with van der Waals surface area (Å²) in [5, 5.41) is 0. The molecule has 0 aliphatic rings. The fourth-order valence-corrected chi connectivity index (χ4v) is 2.70. The molecule has 0 aliphatic heterocycles. The third-order valence-electron chi connectivity index (χ3n) is 4.07. The van der Waals surface area contributed by atoms with Crippen molar-refractivity contribution >= 4 is 23.3 Å². The molecule has 0 atom stereocenters. The molecule has 4 aromatic rings. The molecule has 0 amide bonds. The number of para-hydroxylation sites is 2. The zero-order valence-electron chi connectivity index (χ0n) is 13.4. The summed E-state index contributed by atoms with van der Waals surface area (Å²) in [6.45, 7) is 2.11. The molecule has 0 radical (unpaired) electrons. The second kappa shape index (κ2) is 6.17. The van der Waals surface area contributed by atoms with Crippen LogP contribution in [0.5, 0.6) is 0 Å². The smallest absolute Gasteiger partial charge is 0.227 e. The lowest BCUT2D eigenvalue weighted by Gasteiger charge is -2.03. The van der Waals surface area contributed by atoms with Gasteiger partial charge in [0.05, 0.1) is 0 Å². The van der Waals surface area contributed by atoms with E-state index in [-0.39, 0.29) is 0 Å². The topological polar surface area (TPSA) is 26.0 Å². The highest BCUT2D eigenvalue weighted by Gasteiger charge is 2.08. The van der Waals surface area contributed by atoms with Crippen LogP contribution in [0.4, 0.5) is 0 Å². The molecule has 0 bridgehead atoms. The van der Waals surface area contributed by atoms with Crippen LogP contribution in [0.25, 0.3) is 34.7 Å². The van der Waals surface area contributed by atoms with Crippen molar-refractivity contribution in [3.8, 4) is 11.5 Å². The molecule has 0 unspecified atom stereocenters. The molecule has 1 heterocycles. The van der Waals surface area contributed by atoms with Gasteiger partial charge in [0, 0.05) is 5.56 Å². The summed E-state index contributed by atoms with van der Waals surface area (Å²) in [6, 6.07) is 24.4. The first-order valence-electron chi connectivity index (χ1n) is 7.99. The maximum absolute atomic E-state index is 5.88. The molecule has 1 aromatic heterocycles. The van der Waals surface area contributed by atoms with Gasteiger partial charge in [-0.2, -0.15) is 0 Å². The van der Waals surface area contributed by atoms with Gasteiger partial charge < -0.3 is 4.42 Å². The first-order chi connectivity index (χ1) is 11.8. The predicted molar refractivity (Wildman–Crippen MR) is 99.6 cm³/mol. The van der Waals surface area contributed by atoms with Gasteiger partial charge in [-0.05, 0) is 47.9 Å².